The van der Waals surface area contributed by atoms with E-state index in [1.807, 2.05) is 11.8 Å². The summed E-state index contributed by atoms with van der Waals surface area (Å²) in [6, 6.07) is 3.01. The van der Waals surface area contributed by atoms with Crippen LogP contribution >= 0.6 is 0 Å². The summed E-state index contributed by atoms with van der Waals surface area (Å²) in [4.78, 5) is 27.9. The number of aromatic nitrogens is 2. The number of sulfone groups is 1. The lowest BCUT2D eigenvalue weighted by Gasteiger charge is -2.24. The number of aryl methyl sites for hydroxylation is 2. The zero-order chi connectivity index (χ0) is 19.9. The molecule has 1 saturated heterocycles. The first-order valence-corrected chi connectivity index (χ1v) is 11.0. The van der Waals surface area contributed by atoms with Crippen LogP contribution < -0.4 is 10.5 Å². The zero-order valence-electron chi connectivity index (χ0n) is 16.1. The molecular formula is C19H25N3O4S. The van der Waals surface area contributed by atoms with Gasteiger partial charge >= 0.3 is 0 Å². The van der Waals surface area contributed by atoms with Crippen LogP contribution in [0.5, 0.6) is 0 Å². The lowest BCUT2D eigenvalue weighted by atomic mass is 9.97. The van der Waals surface area contributed by atoms with E-state index in [9.17, 15) is 18.0 Å². The van der Waals surface area contributed by atoms with Crippen LogP contribution in [0.3, 0.4) is 0 Å². The lowest BCUT2D eigenvalue weighted by molar-refractivity contribution is 0.103. The summed E-state index contributed by atoms with van der Waals surface area (Å²) in [6.45, 7) is 7.24. The van der Waals surface area contributed by atoms with E-state index in [1.54, 1.807) is 13.8 Å². The van der Waals surface area contributed by atoms with Gasteiger partial charge in [0.25, 0.3) is 5.56 Å². The van der Waals surface area contributed by atoms with Gasteiger partial charge in [0.2, 0.25) is 5.78 Å². The highest BCUT2D eigenvalue weighted by Crippen LogP contribution is 2.34. The molecule has 0 atom stereocenters. The van der Waals surface area contributed by atoms with E-state index in [4.69, 9.17) is 0 Å². The first-order valence-electron chi connectivity index (χ1n) is 9.09. The van der Waals surface area contributed by atoms with Gasteiger partial charge in [-0.25, -0.2) is 8.42 Å². The van der Waals surface area contributed by atoms with Gasteiger partial charge in [-0.05, 0) is 51.3 Å². The number of hydrogen-bond donors (Lipinski definition) is 1. The van der Waals surface area contributed by atoms with Gasteiger partial charge in [-0.3, -0.25) is 19.4 Å². The quantitative estimate of drug-likeness (QED) is 0.788. The van der Waals surface area contributed by atoms with Crippen molar-refractivity contribution in [3.63, 3.8) is 0 Å². The highest BCUT2D eigenvalue weighted by molar-refractivity contribution is 7.90. The number of nitrogens with zero attached hydrogens (tertiary/aromatic N) is 2. The summed E-state index contributed by atoms with van der Waals surface area (Å²) in [5.41, 5.74) is 1.83. The van der Waals surface area contributed by atoms with Gasteiger partial charge in [0.05, 0.1) is 10.6 Å². The summed E-state index contributed by atoms with van der Waals surface area (Å²) >= 11 is 0. The summed E-state index contributed by atoms with van der Waals surface area (Å²) in [5.74, 6) is -0.376. The minimum absolute atomic E-state index is 0.111. The molecule has 0 spiro atoms. The number of nitrogens with one attached hydrogen (secondary N) is 1. The van der Waals surface area contributed by atoms with Gasteiger partial charge in [0.15, 0.2) is 9.84 Å². The molecule has 7 nitrogen and oxygen atoms in total. The predicted molar refractivity (Wildman–Crippen MR) is 105 cm³/mol. The van der Waals surface area contributed by atoms with Crippen LogP contribution in [0, 0.1) is 13.8 Å². The van der Waals surface area contributed by atoms with E-state index in [2.05, 4.69) is 5.10 Å². The fourth-order valence-corrected chi connectivity index (χ4v) is 4.73. The Bertz CT molecular complexity index is 1060. The number of carbonyl (C=O) groups is 1. The average molecular weight is 391 g/mol. The molecule has 27 heavy (non-hydrogen) atoms. The Hall–Kier alpha value is -2.35. The van der Waals surface area contributed by atoms with Gasteiger partial charge in [-0.1, -0.05) is 0 Å². The SMILES string of the molecule is CCn1[nH]c(C)c(C(=O)c2ccc(S(C)(=O)=O)c(N3CCCC3)c2C)c1=O. The fourth-order valence-electron chi connectivity index (χ4n) is 3.78. The zero-order valence-corrected chi connectivity index (χ0v) is 16.9. The Balaban J connectivity index is 2.20. The van der Waals surface area contributed by atoms with Crippen LogP contribution in [-0.4, -0.2) is 43.3 Å². The van der Waals surface area contributed by atoms with E-state index in [0.717, 1.165) is 25.9 Å². The number of ketones is 1. The molecule has 146 valence electrons. The second kappa shape index (κ2) is 6.99. The number of H-pyrrole nitrogens is 1. The number of rotatable bonds is 5. The van der Waals surface area contributed by atoms with E-state index in [-0.39, 0.29) is 21.8 Å². The first kappa shape index (κ1) is 19.4. The van der Waals surface area contributed by atoms with Crippen LogP contribution in [0.25, 0.3) is 0 Å². The highest BCUT2D eigenvalue weighted by Gasteiger charge is 2.28. The van der Waals surface area contributed by atoms with Crippen molar-refractivity contribution in [1.29, 1.82) is 0 Å². The first-order chi connectivity index (χ1) is 12.7. The normalized spacial score (nSPS) is 14.7. The molecule has 2 aromatic rings. The van der Waals surface area contributed by atoms with Crippen molar-refractivity contribution in [2.75, 3.05) is 24.2 Å². The number of benzene rings is 1. The Morgan fingerprint density at radius 2 is 1.81 bits per heavy atom. The number of anilines is 1. The maximum atomic E-state index is 13.2. The van der Waals surface area contributed by atoms with Gasteiger partial charge < -0.3 is 4.90 Å². The molecule has 1 N–H and O–H groups in total. The number of carbonyl (C=O) groups excluding carboxylic acids is 1. The minimum atomic E-state index is -3.44. The molecule has 1 aliphatic rings. The molecular weight excluding hydrogens is 366 g/mol. The van der Waals surface area contributed by atoms with Crippen molar-refractivity contribution in [3.8, 4) is 0 Å². The third-order valence-corrected chi connectivity index (χ3v) is 6.27. The molecule has 0 amide bonds. The molecule has 0 bridgehead atoms. The minimum Gasteiger partial charge on any atom is -0.370 e. The van der Waals surface area contributed by atoms with Gasteiger partial charge in [-0.15, -0.1) is 0 Å². The summed E-state index contributed by atoms with van der Waals surface area (Å²) in [6.07, 6.45) is 3.15. The number of hydrogen-bond acceptors (Lipinski definition) is 5. The topological polar surface area (TPSA) is 92.2 Å². The Labute approximate surface area is 158 Å². The molecule has 1 fully saturated rings. The molecule has 0 radical (unpaired) electrons. The van der Waals surface area contributed by atoms with Gasteiger partial charge in [-0.2, -0.15) is 0 Å². The monoisotopic (exact) mass is 391 g/mol. The maximum Gasteiger partial charge on any atom is 0.278 e. The molecule has 0 saturated carbocycles. The summed E-state index contributed by atoms with van der Waals surface area (Å²) in [5, 5.41) is 2.92. The van der Waals surface area contributed by atoms with E-state index in [1.165, 1.54) is 23.1 Å². The smallest absolute Gasteiger partial charge is 0.278 e. The van der Waals surface area contributed by atoms with Crippen LogP contribution in [0.15, 0.2) is 21.8 Å². The van der Waals surface area contributed by atoms with Crippen LogP contribution in [0.2, 0.25) is 0 Å². The largest absolute Gasteiger partial charge is 0.370 e. The van der Waals surface area contributed by atoms with Gasteiger partial charge in [0.1, 0.15) is 5.56 Å². The molecule has 0 aliphatic carbocycles. The van der Waals surface area contributed by atoms with Gasteiger partial charge in [0, 0.05) is 37.1 Å². The predicted octanol–water partition coefficient (Wildman–Crippen LogP) is 2.05. The second-order valence-electron chi connectivity index (χ2n) is 7.04. The summed E-state index contributed by atoms with van der Waals surface area (Å²) in [7, 11) is -3.44. The Morgan fingerprint density at radius 1 is 1.19 bits per heavy atom. The fraction of sp³-hybridized carbons (Fsp3) is 0.474. The van der Waals surface area contributed by atoms with Crippen molar-refractivity contribution in [3.05, 3.63) is 44.9 Å². The Kier molecular flexibility index (Phi) is 5.03. The molecule has 0 unspecified atom stereocenters. The second-order valence-corrected chi connectivity index (χ2v) is 9.03. The third kappa shape index (κ3) is 3.34. The highest BCUT2D eigenvalue weighted by atomic mass is 32.2. The molecule has 8 heteroatoms. The molecule has 1 aromatic heterocycles. The average Bonchev–Trinajstić information content (AvgIpc) is 3.21. The van der Waals surface area contributed by atoms with Crippen molar-refractivity contribution in [1.82, 2.24) is 9.78 Å². The number of aromatic amines is 1. The molecule has 3 rings (SSSR count). The van der Waals surface area contributed by atoms with Crippen LogP contribution in [-0.2, 0) is 16.4 Å². The third-order valence-electron chi connectivity index (χ3n) is 5.14. The van der Waals surface area contributed by atoms with Crippen molar-refractivity contribution in [2.45, 2.75) is 45.1 Å². The molecule has 1 aromatic carbocycles. The standard InChI is InChI=1S/C19H25N3O4S/c1-5-22-19(24)16(13(3)20-22)18(23)14-8-9-15(27(4,25)26)17(12(14)2)21-10-6-7-11-21/h8-9,20H,5-7,10-11H2,1-4H3. The van der Waals surface area contributed by atoms with Crippen molar-refractivity contribution in [2.24, 2.45) is 0 Å². The maximum absolute atomic E-state index is 13.2. The van der Waals surface area contributed by atoms with E-state index < -0.39 is 9.84 Å². The lowest BCUT2D eigenvalue weighted by Crippen LogP contribution is -2.24. The van der Waals surface area contributed by atoms with E-state index >= 15 is 0 Å². The summed E-state index contributed by atoms with van der Waals surface area (Å²) < 4.78 is 26.0. The van der Waals surface area contributed by atoms with Crippen LogP contribution in [0.1, 0.15) is 46.9 Å². The Morgan fingerprint density at radius 3 is 2.33 bits per heavy atom. The molecule has 2 heterocycles. The van der Waals surface area contributed by atoms with Crippen molar-refractivity contribution >= 4 is 21.3 Å². The van der Waals surface area contributed by atoms with Crippen molar-refractivity contribution < 1.29 is 13.2 Å². The molecule has 1 aliphatic heterocycles. The van der Waals surface area contributed by atoms with Crippen LogP contribution in [0.4, 0.5) is 5.69 Å². The van der Waals surface area contributed by atoms with E-state index in [0.29, 0.717) is 29.1 Å².